The van der Waals surface area contributed by atoms with Crippen LogP contribution in [0.3, 0.4) is 0 Å². The lowest BCUT2D eigenvalue weighted by atomic mass is 10.0. The van der Waals surface area contributed by atoms with Crippen molar-refractivity contribution >= 4 is 39.0 Å². The van der Waals surface area contributed by atoms with Crippen molar-refractivity contribution in [1.82, 2.24) is 15.1 Å². The van der Waals surface area contributed by atoms with Crippen LogP contribution in [0.4, 0.5) is 5.69 Å². The van der Waals surface area contributed by atoms with Gasteiger partial charge in [-0.15, -0.1) is 0 Å². The number of carbonyl (C=O) groups excluding carboxylic acids is 4. The van der Waals surface area contributed by atoms with Crippen molar-refractivity contribution in [2.24, 2.45) is 0 Å². The van der Waals surface area contributed by atoms with Gasteiger partial charge in [0.25, 0.3) is 11.8 Å². The first-order valence-electron chi connectivity index (χ1n) is 14.1. The van der Waals surface area contributed by atoms with Crippen LogP contribution in [0.2, 0.25) is 0 Å². The zero-order chi connectivity index (χ0) is 31.8. The number of rotatable bonds is 8. The number of phenols is 1. The molecule has 230 valence electrons. The van der Waals surface area contributed by atoms with E-state index in [1.165, 1.54) is 46.2 Å². The Bertz CT molecular complexity index is 1710. The average Bonchev–Trinajstić information content (AvgIpc) is 3.58. The summed E-state index contributed by atoms with van der Waals surface area (Å²) >= 11 is 0. The summed E-state index contributed by atoms with van der Waals surface area (Å²) in [5.74, 6) is -1.63. The number of hydrogen-bond donors (Lipinski definition) is 2. The standard InChI is InChI=1S/C32H34N4O7S/c1-34(2)23-11-9-21(10-12-23)30(39)33-26(17-20-7-13-24(37)14-8-20)32(41)35-16-15-27-29(35)28(38)19-36(27)31(40)22-5-4-6-25(18-22)44(3,42)43/h4-14,18,26-27,29,37H,15-17,19H2,1-3H3,(H,33,39)/t26-,27+,29-/m0/s1. The molecule has 12 heteroatoms. The van der Waals surface area contributed by atoms with E-state index in [9.17, 15) is 32.7 Å². The van der Waals surface area contributed by atoms with Crippen molar-refractivity contribution in [2.45, 2.75) is 35.9 Å². The van der Waals surface area contributed by atoms with Gasteiger partial charge in [-0.25, -0.2) is 8.42 Å². The number of anilines is 1. The number of Topliss-reactive ketones (excluding diaryl/α,β-unsaturated/α-hetero) is 1. The van der Waals surface area contributed by atoms with Crippen LogP contribution in [0.25, 0.3) is 0 Å². The van der Waals surface area contributed by atoms with Crippen molar-refractivity contribution in [3.05, 3.63) is 89.5 Å². The number of nitrogens with zero attached hydrogens (tertiary/aromatic N) is 3. The number of nitrogens with one attached hydrogen (secondary N) is 1. The van der Waals surface area contributed by atoms with E-state index in [4.69, 9.17) is 0 Å². The molecular formula is C32H34N4O7S. The fraction of sp³-hybridized carbons (Fsp3) is 0.312. The molecule has 0 bridgehead atoms. The number of phenolic OH excluding ortho intramolecular Hbond substituents is 1. The highest BCUT2D eigenvalue weighted by molar-refractivity contribution is 7.90. The number of hydrogen-bond acceptors (Lipinski definition) is 8. The summed E-state index contributed by atoms with van der Waals surface area (Å²) in [4.78, 5) is 58.8. The van der Waals surface area contributed by atoms with E-state index in [0.717, 1.165) is 11.9 Å². The Balaban J connectivity index is 1.38. The zero-order valence-corrected chi connectivity index (χ0v) is 25.5. The SMILES string of the molecule is CN(C)c1ccc(C(=O)N[C@@H](Cc2ccc(O)cc2)C(=O)N2CC[C@@H]3[C@H]2C(=O)CN3C(=O)c2cccc(S(C)(=O)=O)c2)cc1. The van der Waals surface area contributed by atoms with E-state index in [-0.39, 0.29) is 41.5 Å². The summed E-state index contributed by atoms with van der Waals surface area (Å²) in [7, 11) is 0.225. The predicted molar refractivity (Wildman–Crippen MR) is 163 cm³/mol. The van der Waals surface area contributed by atoms with Gasteiger partial charge < -0.3 is 25.1 Å². The summed E-state index contributed by atoms with van der Waals surface area (Å²) in [6, 6.07) is 16.4. The molecule has 3 aromatic rings. The largest absolute Gasteiger partial charge is 0.508 e. The maximum Gasteiger partial charge on any atom is 0.254 e. The van der Waals surface area contributed by atoms with Crippen LogP contribution in [-0.2, 0) is 25.8 Å². The highest BCUT2D eigenvalue weighted by Crippen LogP contribution is 2.32. The second-order valence-electron chi connectivity index (χ2n) is 11.4. The van der Waals surface area contributed by atoms with Gasteiger partial charge >= 0.3 is 0 Å². The highest BCUT2D eigenvalue weighted by Gasteiger charge is 2.52. The van der Waals surface area contributed by atoms with Gasteiger partial charge in [-0.3, -0.25) is 19.2 Å². The fourth-order valence-corrected chi connectivity index (χ4v) is 6.45. The molecule has 0 saturated carbocycles. The summed E-state index contributed by atoms with van der Waals surface area (Å²) in [6.07, 6.45) is 1.52. The van der Waals surface area contributed by atoms with Crippen LogP contribution < -0.4 is 10.2 Å². The second kappa shape index (κ2) is 12.1. The number of sulfone groups is 1. The molecule has 3 amide bonds. The Hall–Kier alpha value is -4.71. The van der Waals surface area contributed by atoms with Crippen LogP contribution in [0.15, 0.2) is 77.7 Å². The highest BCUT2D eigenvalue weighted by atomic mass is 32.2. The Morgan fingerprint density at radius 3 is 2.30 bits per heavy atom. The normalized spacial score (nSPS) is 18.6. The average molecular weight is 619 g/mol. The Kier molecular flexibility index (Phi) is 8.46. The molecule has 2 heterocycles. The van der Waals surface area contributed by atoms with E-state index in [2.05, 4.69) is 5.32 Å². The molecule has 0 aliphatic carbocycles. The van der Waals surface area contributed by atoms with Gasteiger partial charge in [-0.05, 0) is 66.6 Å². The van der Waals surface area contributed by atoms with Crippen LogP contribution in [0.5, 0.6) is 5.75 Å². The van der Waals surface area contributed by atoms with Gasteiger partial charge in [-0.2, -0.15) is 0 Å². The monoisotopic (exact) mass is 618 g/mol. The summed E-state index contributed by atoms with van der Waals surface area (Å²) in [5.41, 5.74) is 2.11. The van der Waals surface area contributed by atoms with Gasteiger partial charge in [-0.1, -0.05) is 18.2 Å². The van der Waals surface area contributed by atoms with Gasteiger partial charge in [0, 0.05) is 50.1 Å². The number of benzene rings is 3. The minimum Gasteiger partial charge on any atom is -0.508 e. The van der Waals surface area contributed by atoms with Crippen LogP contribution in [0.1, 0.15) is 32.7 Å². The molecule has 0 spiro atoms. The van der Waals surface area contributed by atoms with Gasteiger partial charge in [0.1, 0.15) is 17.8 Å². The number of aromatic hydroxyl groups is 1. The minimum atomic E-state index is -3.55. The summed E-state index contributed by atoms with van der Waals surface area (Å²) in [5, 5.41) is 12.6. The predicted octanol–water partition coefficient (Wildman–Crippen LogP) is 1.90. The zero-order valence-electron chi connectivity index (χ0n) is 24.6. The lowest BCUT2D eigenvalue weighted by molar-refractivity contribution is -0.138. The topological polar surface area (TPSA) is 144 Å². The maximum atomic E-state index is 14.0. The molecular weight excluding hydrogens is 584 g/mol. The summed E-state index contributed by atoms with van der Waals surface area (Å²) in [6.45, 7) is -0.0131. The minimum absolute atomic E-state index is 0.00202. The fourth-order valence-electron chi connectivity index (χ4n) is 5.79. The van der Waals surface area contributed by atoms with Crippen LogP contribution in [-0.4, -0.2) is 98.4 Å². The lowest BCUT2D eigenvalue weighted by Crippen LogP contribution is -2.53. The van der Waals surface area contributed by atoms with Crippen LogP contribution in [0, 0.1) is 0 Å². The van der Waals surface area contributed by atoms with Crippen molar-refractivity contribution in [3.63, 3.8) is 0 Å². The number of ketones is 1. The lowest BCUT2D eigenvalue weighted by Gasteiger charge is -2.28. The molecule has 2 saturated heterocycles. The molecule has 2 aliphatic heterocycles. The number of likely N-dealkylation sites (tertiary alicyclic amines) is 2. The molecule has 3 aromatic carbocycles. The van der Waals surface area contributed by atoms with Gasteiger partial charge in [0.05, 0.1) is 17.5 Å². The van der Waals surface area contributed by atoms with Gasteiger partial charge in [0.2, 0.25) is 5.91 Å². The van der Waals surface area contributed by atoms with Crippen molar-refractivity contribution in [1.29, 1.82) is 0 Å². The molecule has 2 N–H and O–H groups in total. The maximum absolute atomic E-state index is 14.0. The Morgan fingerprint density at radius 2 is 1.66 bits per heavy atom. The molecule has 11 nitrogen and oxygen atoms in total. The first kappa shape index (κ1) is 30.7. The number of carbonyl (C=O) groups is 4. The molecule has 0 unspecified atom stereocenters. The molecule has 44 heavy (non-hydrogen) atoms. The van der Waals surface area contributed by atoms with Crippen LogP contribution >= 0.6 is 0 Å². The number of amides is 3. The third kappa shape index (κ3) is 6.30. The van der Waals surface area contributed by atoms with Crippen molar-refractivity contribution in [2.75, 3.05) is 38.3 Å². The smallest absolute Gasteiger partial charge is 0.254 e. The molecule has 2 aliphatic rings. The van der Waals surface area contributed by atoms with E-state index in [1.54, 1.807) is 36.4 Å². The number of fused-ring (bicyclic) bond motifs is 1. The molecule has 0 aromatic heterocycles. The molecule has 0 radical (unpaired) electrons. The van der Waals surface area contributed by atoms with Gasteiger partial charge in [0.15, 0.2) is 15.6 Å². The van der Waals surface area contributed by atoms with E-state index in [1.807, 2.05) is 19.0 Å². The third-order valence-corrected chi connectivity index (χ3v) is 9.21. The Morgan fingerprint density at radius 1 is 0.977 bits per heavy atom. The summed E-state index contributed by atoms with van der Waals surface area (Å²) < 4.78 is 24.1. The quantitative estimate of drug-likeness (QED) is 0.390. The second-order valence-corrected chi connectivity index (χ2v) is 13.4. The van der Waals surface area contributed by atoms with Crippen molar-refractivity contribution < 1.29 is 32.7 Å². The molecule has 2 fully saturated rings. The third-order valence-electron chi connectivity index (χ3n) is 8.10. The molecule has 5 rings (SSSR count). The first-order chi connectivity index (χ1) is 20.8. The van der Waals surface area contributed by atoms with E-state index >= 15 is 0 Å². The van der Waals surface area contributed by atoms with Crippen molar-refractivity contribution in [3.8, 4) is 5.75 Å². The Labute approximate surface area is 256 Å². The van der Waals surface area contributed by atoms with E-state index in [0.29, 0.717) is 17.5 Å². The van der Waals surface area contributed by atoms with E-state index < -0.39 is 45.7 Å². The first-order valence-corrected chi connectivity index (χ1v) is 16.0. The molecule has 3 atom stereocenters.